The first-order valence-electron chi connectivity index (χ1n) is 7.00. The summed E-state index contributed by atoms with van der Waals surface area (Å²) in [5.74, 6) is 0.0565. The summed E-state index contributed by atoms with van der Waals surface area (Å²) in [6, 6.07) is 0. The number of aromatic nitrogens is 4. The summed E-state index contributed by atoms with van der Waals surface area (Å²) >= 11 is 3.43. The van der Waals surface area contributed by atoms with E-state index in [1.54, 1.807) is 10.9 Å². The lowest BCUT2D eigenvalue weighted by Gasteiger charge is -2.05. The largest absolute Gasteiger partial charge is 0.356 e. The normalized spacial score (nSPS) is 10.8. The van der Waals surface area contributed by atoms with Gasteiger partial charge in [-0.3, -0.25) is 14.2 Å². The van der Waals surface area contributed by atoms with Gasteiger partial charge >= 0.3 is 0 Å². The Bertz CT molecular complexity index is 585. The second-order valence-electron chi connectivity index (χ2n) is 5.06. The maximum absolute atomic E-state index is 11.7. The van der Waals surface area contributed by atoms with E-state index in [1.807, 2.05) is 30.9 Å². The minimum absolute atomic E-state index is 0.0565. The summed E-state index contributed by atoms with van der Waals surface area (Å²) in [6.45, 7) is 6.02. The molecule has 0 spiro atoms. The molecule has 2 aromatic rings. The lowest BCUT2D eigenvalue weighted by molar-refractivity contribution is -0.121. The molecule has 1 N–H and O–H groups in total. The van der Waals surface area contributed by atoms with Crippen molar-refractivity contribution in [2.45, 2.75) is 39.8 Å². The molecule has 0 saturated carbocycles. The summed E-state index contributed by atoms with van der Waals surface area (Å²) in [5.41, 5.74) is 2.09. The summed E-state index contributed by atoms with van der Waals surface area (Å²) < 4.78 is 4.69. The number of rotatable bonds is 7. The molecule has 0 saturated heterocycles. The highest BCUT2D eigenvalue weighted by Crippen LogP contribution is 2.13. The van der Waals surface area contributed by atoms with Crippen molar-refractivity contribution in [2.75, 3.05) is 6.54 Å². The minimum atomic E-state index is 0.0565. The predicted molar refractivity (Wildman–Crippen MR) is 83.9 cm³/mol. The van der Waals surface area contributed by atoms with Gasteiger partial charge in [0, 0.05) is 38.4 Å². The average molecular weight is 354 g/mol. The van der Waals surface area contributed by atoms with E-state index in [0.717, 1.165) is 28.7 Å². The van der Waals surface area contributed by atoms with Crippen molar-refractivity contribution < 1.29 is 4.79 Å². The van der Waals surface area contributed by atoms with Gasteiger partial charge in [-0.25, -0.2) is 0 Å². The first kappa shape index (κ1) is 15.8. The van der Waals surface area contributed by atoms with Gasteiger partial charge in [-0.15, -0.1) is 0 Å². The van der Waals surface area contributed by atoms with Gasteiger partial charge in [0.15, 0.2) is 0 Å². The van der Waals surface area contributed by atoms with E-state index in [9.17, 15) is 4.79 Å². The maximum atomic E-state index is 11.7. The fourth-order valence-corrected chi connectivity index (χ4v) is 2.29. The molecule has 1 amide bonds. The van der Waals surface area contributed by atoms with Crippen LogP contribution in [0, 0.1) is 13.8 Å². The molecule has 21 heavy (non-hydrogen) atoms. The van der Waals surface area contributed by atoms with Crippen LogP contribution in [0.4, 0.5) is 0 Å². The van der Waals surface area contributed by atoms with Gasteiger partial charge in [0.25, 0.3) is 0 Å². The molecule has 7 heteroatoms. The molecule has 0 aliphatic heterocycles. The highest BCUT2D eigenvalue weighted by Gasteiger charge is 2.03. The number of aryl methyl sites for hydroxylation is 4. The van der Waals surface area contributed by atoms with Gasteiger partial charge in [0.2, 0.25) is 5.91 Å². The van der Waals surface area contributed by atoms with Crippen molar-refractivity contribution >= 4 is 21.8 Å². The van der Waals surface area contributed by atoms with E-state index in [1.165, 1.54) is 0 Å². The van der Waals surface area contributed by atoms with Crippen molar-refractivity contribution in [1.82, 2.24) is 24.9 Å². The van der Waals surface area contributed by atoms with E-state index in [0.29, 0.717) is 19.5 Å². The van der Waals surface area contributed by atoms with Gasteiger partial charge in [0.1, 0.15) is 0 Å². The molecule has 0 aromatic carbocycles. The van der Waals surface area contributed by atoms with Crippen LogP contribution in [0.2, 0.25) is 0 Å². The second kappa shape index (κ2) is 7.40. The molecule has 6 nitrogen and oxygen atoms in total. The van der Waals surface area contributed by atoms with E-state index >= 15 is 0 Å². The highest BCUT2D eigenvalue weighted by molar-refractivity contribution is 9.10. The van der Waals surface area contributed by atoms with Crippen LogP contribution in [0.1, 0.15) is 24.1 Å². The third-order valence-corrected chi connectivity index (χ3v) is 3.88. The lowest BCUT2D eigenvalue weighted by atomic mass is 10.3. The molecule has 0 atom stereocenters. The molecule has 114 valence electrons. The zero-order valence-electron chi connectivity index (χ0n) is 12.3. The standard InChI is InChI=1S/C14H20BrN5O/c1-11-8-17-19(9-11)7-4-14(21)16-5-3-6-20-10-13(15)12(2)18-20/h8-10H,3-7H2,1-2H3,(H,16,21). The van der Waals surface area contributed by atoms with Gasteiger partial charge < -0.3 is 5.32 Å². The molecule has 2 rings (SSSR count). The van der Waals surface area contributed by atoms with Gasteiger partial charge in [-0.2, -0.15) is 10.2 Å². The fraction of sp³-hybridized carbons (Fsp3) is 0.500. The molecule has 2 heterocycles. The fourth-order valence-electron chi connectivity index (χ4n) is 1.97. The Balaban J connectivity index is 1.61. The van der Waals surface area contributed by atoms with Crippen molar-refractivity contribution in [3.63, 3.8) is 0 Å². The summed E-state index contributed by atoms with van der Waals surface area (Å²) in [4.78, 5) is 11.7. The lowest BCUT2D eigenvalue weighted by Crippen LogP contribution is -2.26. The molecule has 0 aliphatic rings. The number of hydrogen-bond acceptors (Lipinski definition) is 3. The van der Waals surface area contributed by atoms with Gasteiger partial charge in [-0.1, -0.05) is 0 Å². The number of hydrogen-bond donors (Lipinski definition) is 1. The van der Waals surface area contributed by atoms with Crippen molar-refractivity contribution in [3.8, 4) is 0 Å². The Hall–Kier alpha value is -1.63. The number of carbonyl (C=O) groups is 1. The number of nitrogens with zero attached hydrogens (tertiary/aromatic N) is 4. The third kappa shape index (κ3) is 5.00. The zero-order chi connectivity index (χ0) is 15.2. The number of amides is 1. The van der Waals surface area contributed by atoms with E-state index in [4.69, 9.17) is 0 Å². The summed E-state index contributed by atoms with van der Waals surface area (Å²) in [7, 11) is 0. The molecule has 0 bridgehead atoms. The van der Waals surface area contributed by atoms with Crippen LogP contribution in [0.5, 0.6) is 0 Å². The average Bonchev–Trinajstić information content (AvgIpc) is 2.99. The number of nitrogens with one attached hydrogen (secondary N) is 1. The Morgan fingerprint density at radius 3 is 2.71 bits per heavy atom. The maximum Gasteiger partial charge on any atom is 0.221 e. The Morgan fingerprint density at radius 2 is 2.10 bits per heavy atom. The first-order valence-corrected chi connectivity index (χ1v) is 7.79. The van der Waals surface area contributed by atoms with Crippen LogP contribution in [-0.4, -0.2) is 32.0 Å². The van der Waals surface area contributed by atoms with Crippen LogP contribution in [0.25, 0.3) is 0 Å². The Morgan fingerprint density at radius 1 is 1.29 bits per heavy atom. The molecule has 0 aliphatic carbocycles. The van der Waals surface area contributed by atoms with Gasteiger partial charge in [-0.05, 0) is 41.8 Å². The third-order valence-electron chi connectivity index (χ3n) is 3.10. The summed E-state index contributed by atoms with van der Waals surface area (Å²) in [6.07, 6.45) is 7.00. The quantitative estimate of drug-likeness (QED) is 0.774. The first-order chi connectivity index (χ1) is 10.0. The van der Waals surface area contributed by atoms with Crippen LogP contribution < -0.4 is 5.32 Å². The topological polar surface area (TPSA) is 64.7 Å². The molecule has 0 fully saturated rings. The molecular weight excluding hydrogens is 334 g/mol. The minimum Gasteiger partial charge on any atom is -0.356 e. The molecule has 0 radical (unpaired) electrons. The van der Waals surface area contributed by atoms with Crippen LogP contribution in [-0.2, 0) is 17.9 Å². The van der Waals surface area contributed by atoms with Crippen molar-refractivity contribution in [2.24, 2.45) is 0 Å². The van der Waals surface area contributed by atoms with E-state index in [2.05, 4.69) is 31.4 Å². The number of halogens is 1. The van der Waals surface area contributed by atoms with Crippen LogP contribution >= 0.6 is 15.9 Å². The highest BCUT2D eigenvalue weighted by atomic mass is 79.9. The Kier molecular flexibility index (Phi) is 5.55. The van der Waals surface area contributed by atoms with E-state index < -0.39 is 0 Å². The van der Waals surface area contributed by atoms with E-state index in [-0.39, 0.29) is 5.91 Å². The predicted octanol–water partition coefficient (Wildman–Crippen LogP) is 2.06. The molecular formula is C14H20BrN5O. The zero-order valence-corrected chi connectivity index (χ0v) is 13.9. The smallest absolute Gasteiger partial charge is 0.221 e. The Labute approximate surface area is 132 Å². The molecule has 0 unspecified atom stereocenters. The van der Waals surface area contributed by atoms with Crippen LogP contribution in [0.15, 0.2) is 23.1 Å². The van der Waals surface area contributed by atoms with Crippen molar-refractivity contribution in [1.29, 1.82) is 0 Å². The monoisotopic (exact) mass is 353 g/mol. The van der Waals surface area contributed by atoms with Gasteiger partial charge in [0.05, 0.1) is 16.4 Å². The van der Waals surface area contributed by atoms with Crippen LogP contribution in [0.3, 0.4) is 0 Å². The number of carbonyl (C=O) groups excluding carboxylic acids is 1. The molecule has 2 aromatic heterocycles. The van der Waals surface area contributed by atoms with Crippen molar-refractivity contribution in [3.05, 3.63) is 34.3 Å². The second-order valence-corrected chi connectivity index (χ2v) is 5.91. The summed E-state index contributed by atoms with van der Waals surface area (Å²) in [5, 5.41) is 11.4. The SMILES string of the molecule is Cc1cnn(CCC(=O)NCCCn2cc(Br)c(C)n2)c1.